The third kappa shape index (κ3) is 4.30. The molecule has 0 radical (unpaired) electrons. The van der Waals surface area contributed by atoms with Gasteiger partial charge in [-0.25, -0.2) is 15.0 Å². The number of hydrogen-bond acceptors (Lipinski definition) is 6. The van der Waals surface area contributed by atoms with Crippen molar-refractivity contribution in [3.63, 3.8) is 0 Å². The SMILES string of the molecule is CN1C(=O)CN(Cc2ccc(-c3nc(C(C)(F)F)cn3C)cc2)c2nc(-c3c(Cl)cnn3C3CC3)ncc21. The van der Waals surface area contributed by atoms with Gasteiger partial charge in [-0.2, -0.15) is 13.9 Å². The second kappa shape index (κ2) is 8.87. The number of halogens is 3. The fourth-order valence-electron chi connectivity index (χ4n) is 4.63. The standard InChI is InChI=1S/C26H25ClF2N8O/c1-26(28,29)20-13-34(2)24(32-20)16-6-4-15(5-7-16)12-36-14-21(38)35(3)19-11-30-23(33-25(19)36)22-18(27)10-31-37(22)17-8-9-17/h4-7,10-11,13,17H,8-9,12,14H2,1-3H3. The van der Waals surface area contributed by atoms with Gasteiger partial charge < -0.3 is 14.4 Å². The summed E-state index contributed by atoms with van der Waals surface area (Å²) in [6, 6.07) is 7.78. The first-order valence-electron chi connectivity index (χ1n) is 12.2. The lowest BCUT2D eigenvalue weighted by Gasteiger charge is -2.34. The molecule has 1 aliphatic heterocycles. The molecule has 1 aliphatic carbocycles. The number of hydrogen-bond donors (Lipinski definition) is 0. The number of alkyl halides is 2. The van der Waals surface area contributed by atoms with Crippen LogP contribution in [0.4, 0.5) is 20.3 Å². The summed E-state index contributed by atoms with van der Waals surface area (Å²) < 4.78 is 30.9. The Morgan fingerprint density at radius 1 is 1.11 bits per heavy atom. The molecule has 1 saturated carbocycles. The normalized spacial score (nSPS) is 15.8. The Labute approximate surface area is 222 Å². The molecular weight excluding hydrogens is 514 g/mol. The highest BCUT2D eigenvalue weighted by atomic mass is 35.5. The molecule has 0 N–H and O–H groups in total. The van der Waals surface area contributed by atoms with E-state index in [0.29, 0.717) is 52.0 Å². The van der Waals surface area contributed by atoms with Gasteiger partial charge in [0.25, 0.3) is 5.92 Å². The molecule has 0 saturated heterocycles. The van der Waals surface area contributed by atoms with Crippen LogP contribution in [0.25, 0.3) is 22.9 Å². The van der Waals surface area contributed by atoms with Crippen LogP contribution in [-0.2, 0) is 24.3 Å². The number of rotatable bonds is 6. The van der Waals surface area contributed by atoms with Gasteiger partial charge in [-0.3, -0.25) is 9.48 Å². The van der Waals surface area contributed by atoms with Gasteiger partial charge in [0.1, 0.15) is 22.9 Å². The smallest absolute Gasteiger partial charge is 0.288 e. The lowest BCUT2D eigenvalue weighted by Crippen LogP contribution is -2.44. The quantitative estimate of drug-likeness (QED) is 0.350. The molecule has 6 rings (SSSR count). The van der Waals surface area contributed by atoms with Crippen molar-refractivity contribution in [2.45, 2.75) is 38.3 Å². The van der Waals surface area contributed by atoms with E-state index in [1.807, 2.05) is 33.8 Å². The molecule has 196 valence electrons. The molecule has 38 heavy (non-hydrogen) atoms. The highest BCUT2D eigenvalue weighted by Gasteiger charge is 2.33. The Hall–Kier alpha value is -3.86. The number of amides is 1. The maximum absolute atomic E-state index is 13.7. The van der Waals surface area contributed by atoms with E-state index < -0.39 is 5.92 Å². The molecular formula is C26H25ClF2N8O. The zero-order valence-electron chi connectivity index (χ0n) is 21.1. The van der Waals surface area contributed by atoms with Crippen molar-refractivity contribution in [2.75, 3.05) is 23.4 Å². The number of anilines is 2. The molecule has 0 atom stereocenters. The van der Waals surface area contributed by atoms with Crippen molar-refractivity contribution in [1.29, 1.82) is 0 Å². The predicted molar refractivity (Wildman–Crippen MR) is 139 cm³/mol. The van der Waals surface area contributed by atoms with Crippen molar-refractivity contribution in [3.8, 4) is 22.9 Å². The Balaban J connectivity index is 1.31. The number of benzene rings is 1. The molecule has 4 aromatic rings. The van der Waals surface area contributed by atoms with Crippen molar-refractivity contribution in [3.05, 3.63) is 59.1 Å². The Morgan fingerprint density at radius 2 is 1.84 bits per heavy atom. The van der Waals surface area contributed by atoms with Crippen LogP contribution in [0.1, 0.15) is 37.1 Å². The van der Waals surface area contributed by atoms with Crippen LogP contribution in [0.15, 0.2) is 42.9 Å². The summed E-state index contributed by atoms with van der Waals surface area (Å²) in [6.45, 7) is 1.39. The van der Waals surface area contributed by atoms with E-state index in [1.165, 1.54) is 6.20 Å². The summed E-state index contributed by atoms with van der Waals surface area (Å²) in [6.07, 6.45) is 6.67. The van der Waals surface area contributed by atoms with Gasteiger partial charge in [0.2, 0.25) is 5.91 Å². The molecule has 1 fully saturated rings. The van der Waals surface area contributed by atoms with E-state index in [1.54, 1.807) is 36.0 Å². The van der Waals surface area contributed by atoms with Gasteiger partial charge >= 0.3 is 0 Å². The van der Waals surface area contributed by atoms with Crippen molar-refractivity contribution >= 4 is 29.0 Å². The van der Waals surface area contributed by atoms with E-state index in [-0.39, 0.29) is 18.1 Å². The van der Waals surface area contributed by atoms with Crippen molar-refractivity contribution in [2.24, 2.45) is 7.05 Å². The van der Waals surface area contributed by atoms with Crippen LogP contribution in [0.3, 0.4) is 0 Å². The summed E-state index contributed by atoms with van der Waals surface area (Å²) in [5.74, 6) is -1.56. The van der Waals surface area contributed by atoms with Gasteiger partial charge in [-0.1, -0.05) is 35.9 Å². The van der Waals surface area contributed by atoms with Crippen molar-refractivity contribution < 1.29 is 13.6 Å². The second-order valence-electron chi connectivity index (χ2n) is 9.87. The van der Waals surface area contributed by atoms with Gasteiger partial charge in [-0.05, 0) is 18.4 Å². The minimum atomic E-state index is -3.02. The fraction of sp³-hybridized carbons (Fsp3) is 0.346. The monoisotopic (exact) mass is 538 g/mol. The predicted octanol–water partition coefficient (Wildman–Crippen LogP) is 4.82. The van der Waals surface area contributed by atoms with E-state index >= 15 is 0 Å². The number of aromatic nitrogens is 6. The van der Waals surface area contributed by atoms with E-state index in [9.17, 15) is 13.6 Å². The molecule has 1 amide bonds. The topological polar surface area (TPSA) is 85.0 Å². The van der Waals surface area contributed by atoms with E-state index in [0.717, 1.165) is 25.3 Å². The number of carbonyl (C=O) groups is 1. The Kier molecular flexibility index (Phi) is 5.71. The molecule has 0 bridgehead atoms. The lowest BCUT2D eigenvalue weighted by atomic mass is 10.1. The maximum Gasteiger partial charge on any atom is 0.288 e. The fourth-order valence-corrected chi connectivity index (χ4v) is 4.85. The molecule has 3 aromatic heterocycles. The third-order valence-electron chi connectivity index (χ3n) is 6.88. The van der Waals surface area contributed by atoms with Crippen LogP contribution in [-0.4, -0.2) is 48.8 Å². The van der Waals surface area contributed by atoms with E-state index in [2.05, 4.69) is 15.1 Å². The molecule has 12 heteroatoms. The van der Waals surface area contributed by atoms with Crippen LogP contribution < -0.4 is 9.80 Å². The molecule has 2 aliphatic rings. The maximum atomic E-state index is 13.7. The number of imidazole rings is 1. The molecule has 1 aromatic carbocycles. The van der Waals surface area contributed by atoms with Crippen LogP contribution in [0, 0.1) is 0 Å². The first kappa shape index (κ1) is 24.5. The highest BCUT2D eigenvalue weighted by molar-refractivity contribution is 6.32. The molecule has 9 nitrogen and oxygen atoms in total. The van der Waals surface area contributed by atoms with E-state index in [4.69, 9.17) is 16.6 Å². The zero-order chi connectivity index (χ0) is 26.8. The summed E-state index contributed by atoms with van der Waals surface area (Å²) in [5.41, 5.74) is 2.65. The second-order valence-corrected chi connectivity index (χ2v) is 10.3. The average molecular weight is 539 g/mol. The number of aryl methyl sites for hydroxylation is 1. The summed E-state index contributed by atoms with van der Waals surface area (Å²) in [7, 11) is 3.40. The van der Waals surface area contributed by atoms with Gasteiger partial charge in [0.15, 0.2) is 11.6 Å². The summed E-state index contributed by atoms with van der Waals surface area (Å²) in [5, 5.41) is 4.90. The molecule has 4 heterocycles. The zero-order valence-corrected chi connectivity index (χ0v) is 21.8. The van der Waals surface area contributed by atoms with Crippen LogP contribution >= 0.6 is 11.6 Å². The number of nitrogens with zero attached hydrogens (tertiary/aromatic N) is 8. The first-order valence-corrected chi connectivity index (χ1v) is 12.6. The van der Waals surface area contributed by atoms with Crippen LogP contribution in [0.5, 0.6) is 0 Å². The largest absolute Gasteiger partial charge is 0.341 e. The minimum absolute atomic E-state index is 0.0763. The molecule has 0 unspecified atom stereocenters. The van der Waals surface area contributed by atoms with Gasteiger partial charge in [0.05, 0.1) is 30.0 Å². The number of carbonyl (C=O) groups excluding carboxylic acids is 1. The van der Waals surface area contributed by atoms with Gasteiger partial charge in [-0.15, -0.1) is 0 Å². The first-order chi connectivity index (χ1) is 18.1. The highest BCUT2D eigenvalue weighted by Crippen LogP contribution is 2.41. The minimum Gasteiger partial charge on any atom is -0.341 e. The third-order valence-corrected chi connectivity index (χ3v) is 7.15. The molecule has 0 spiro atoms. The lowest BCUT2D eigenvalue weighted by molar-refractivity contribution is -0.117. The summed E-state index contributed by atoms with van der Waals surface area (Å²) >= 11 is 6.47. The van der Waals surface area contributed by atoms with Crippen LogP contribution in [0.2, 0.25) is 5.02 Å². The number of likely N-dealkylation sites (N-methyl/N-ethyl adjacent to an activating group) is 1. The summed E-state index contributed by atoms with van der Waals surface area (Å²) in [4.78, 5) is 29.7. The van der Waals surface area contributed by atoms with Gasteiger partial charge in [0, 0.05) is 39.3 Å². The van der Waals surface area contributed by atoms with Crippen molar-refractivity contribution in [1.82, 2.24) is 29.3 Å². The Morgan fingerprint density at radius 3 is 2.50 bits per heavy atom. The Bertz CT molecular complexity index is 1540. The number of fused-ring (bicyclic) bond motifs is 1. The average Bonchev–Trinajstić information content (AvgIpc) is 3.54.